The average Bonchev–Trinajstić information content (AvgIpc) is 2.28. The fourth-order valence-electron chi connectivity index (χ4n) is 1.64. The van der Waals surface area contributed by atoms with Gasteiger partial charge in [-0.05, 0) is 44.0 Å². The van der Waals surface area contributed by atoms with Crippen LogP contribution in [0.25, 0.3) is 0 Å². The minimum absolute atomic E-state index is 0.105. The van der Waals surface area contributed by atoms with Gasteiger partial charge in [0.15, 0.2) is 0 Å². The molecule has 5 heteroatoms. The van der Waals surface area contributed by atoms with E-state index in [2.05, 4.69) is 5.32 Å². The highest BCUT2D eigenvalue weighted by atomic mass is 19.4. The van der Waals surface area contributed by atoms with Crippen molar-refractivity contribution >= 4 is 0 Å². The molecule has 1 N–H and O–H groups in total. The lowest BCUT2D eigenvalue weighted by Gasteiger charge is -2.33. The van der Waals surface area contributed by atoms with E-state index in [0.717, 1.165) is 13.0 Å². The smallest absolute Gasteiger partial charge is 0.300 e. The fraction of sp³-hybridized carbons (Fsp3) is 0.538. The van der Waals surface area contributed by atoms with Crippen molar-refractivity contribution in [1.29, 1.82) is 0 Å². The van der Waals surface area contributed by atoms with Crippen LogP contribution in [-0.4, -0.2) is 12.7 Å². The van der Waals surface area contributed by atoms with E-state index in [0.29, 0.717) is 12.0 Å². The highest BCUT2D eigenvalue weighted by Gasteiger charge is 2.52. The molecule has 0 aliphatic carbocycles. The Kier molecular flexibility index (Phi) is 4.37. The number of alkyl halides is 3. The maximum absolute atomic E-state index is 13.4. The largest absolute Gasteiger partial charge is 0.410 e. The van der Waals surface area contributed by atoms with Crippen molar-refractivity contribution in [2.45, 2.75) is 38.9 Å². The van der Waals surface area contributed by atoms with Crippen LogP contribution in [0.2, 0.25) is 0 Å². The van der Waals surface area contributed by atoms with E-state index in [1.165, 1.54) is 19.1 Å². The van der Waals surface area contributed by atoms with Crippen molar-refractivity contribution in [3.63, 3.8) is 0 Å². The third kappa shape index (κ3) is 2.83. The van der Waals surface area contributed by atoms with Gasteiger partial charge in [-0.1, -0.05) is 19.1 Å². The number of benzene rings is 1. The summed E-state index contributed by atoms with van der Waals surface area (Å²) >= 11 is 0. The summed E-state index contributed by atoms with van der Waals surface area (Å²) in [4.78, 5) is 0. The molecule has 0 aliphatic rings. The van der Waals surface area contributed by atoms with Gasteiger partial charge in [0.25, 0.3) is 0 Å². The zero-order valence-corrected chi connectivity index (χ0v) is 10.7. The average molecular weight is 263 g/mol. The van der Waals surface area contributed by atoms with Gasteiger partial charge in [-0.3, -0.25) is 0 Å². The molecule has 0 aromatic heterocycles. The van der Waals surface area contributed by atoms with Crippen molar-refractivity contribution in [3.05, 3.63) is 35.1 Å². The molecule has 1 nitrogen and oxygen atoms in total. The minimum atomic E-state index is -4.48. The lowest BCUT2D eigenvalue weighted by molar-refractivity contribution is -0.195. The first kappa shape index (κ1) is 15.0. The predicted molar refractivity (Wildman–Crippen MR) is 62.8 cm³/mol. The van der Waals surface area contributed by atoms with Gasteiger partial charge in [-0.15, -0.1) is 0 Å². The van der Waals surface area contributed by atoms with E-state index >= 15 is 0 Å². The topological polar surface area (TPSA) is 12.0 Å². The van der Waals surface area contributed by atoms with E-state index < -0.39 is 17.5 Å². The number of halogens is 4. The Bertz CT molecular complexity index is 414. The summed E-state index contributed by atoms with van der Waals surface area (Å²) in [7, 11) is 0. The molecular weight excluding hydrogens is 246 g/mol. The molecule has 1 rings (SSSR count). The highest BCUT2D eigenvalue weighted by Crippen LogP contribution is 2.39. The third-order valence-corrected chi connectivity index (χ3v) is 3.04. The summed E-state index contributed by atoms with van der Waals surface area (Å²) in [6, 6.07) is 3.63. The van der Waals surface area contributed by atoms with Crippen molar-refractivity contribution in [2.75, 3.05) is 6.54 Å². The first-order valence-corrected chi connectivity index (χ1v) is 5.80. The number of nitrogens with one attached hydrogen (secondary N) is 1. The van der Waals surface area contributed by atoms with Gasteiger partial charge in [0.05, 0.1) is 0 Å². The first-order valence-electron chi connectivity index (χ1n) is 5.80. The Morgan fingerprint density at radius 3 is 2.28 bits per heavy atom. The van der Waals surface area contributed by atoms with Crippen molar-refractivity contribution < 1.29 is 17.6 Å². The molecule has 1 aromatic carbocycles. The van der Waals surface area contributed by atoms with E-state index in [-0.39, 0.29) is 12.1 Å². The minimum Gasteiger partial charge on any atom is -0.300 e. The molecule has 0 saturated carbocycles. The molecule has 1 unspecified atom stereocenters. The van der Waals surface area contributed by atoms with Gasteiger partial charge in [-0.25, -0.2) is 4.39 Å². The Balaban J connectivity index is 3.21. The van der Waals surface area contributed by atoms with Crippen molar-refractivity contribution in [3.8, 4) is 0 Å². The van der Waals surface area contributed by atoms with E-state index in [4.69, 9.17) is 0 Å². The maximum atomic E-state index is 13.4. The molecule has 1 atom stereocenters. The number of rotatable bonds is 4. The summed E-state index contributed by atoms with van der Waals surface area (Å²) < 4.78 is 52.9. The number of hydrogen-bond donors (Lipinski definition) is 1. The van der Waals surface area contributed by atoms with Crippen LogP contribution in [0.1, 0.15) is 31.4 Å². The fourth-order valence-corrected chi connectivity index (χ4v) is 1.64. The van der Waals surface area contributed by atoms with E-state index in [1.54, 1.807) is 6.92 Å². The molecule has 0 bridgehead atoms. The quantitative estimate of drug-likeness (QED) is 0.812. The van der Waals surface area contributed by atoms with E-state index in [1.807, 2.05) is 0 Å². The molecule has 1 aromatic rings. The normalized spacial score (nSPS) is 15.5. The molecule has 0 radical (unpaired) electrons. The summed E-state index contributed by atoms with van der Waals surface area (Å²) in [5.41, 5.74) is -2.00. The zero-order chi connectivity index (χ0) is 14.0. The van der Waals surface area contributed by atoms with Crippen LogP contribution in [0.15, 0.2) is 18.2 Å². The summed E-state index contributed by atoms with van der Waals surface area (Å²) in [5.74, 6) is -0.624. The van der Waals surface area contributed by atoms with Crippen LogP contribution >= 0.6 is 0 Å². The maximum Gasteiger partial charge on any atom is 0.410 e. The monoisotopic (exact) mass is 263 g/mol. The summed E-state index contributed by atoms with van der Waals surface area (Å²) in [6.07, 6.45) is -3.91. The van der Waals surface area contributed by atoms with Crippen LogP contribution in [0.3, 0.4) is 0 Å². The molecule has 0 spiro atoms. The first-order chi connectivity index (χ1) is 8.22. The van der Waals surface area contributed by atoms with Gasteiger partial charge in [-0.2, -0.15) is 13.2 Å². The molecule has 18 heavy (non-hydrogen) atoms. The van der Waals surface area contributed by atoms with Gasteiger partial charge >= 0.3 is 6.18 Å². The summed E-state index contributed by atoms with van der Waals surface area (Å²) in [6.45, 7) is 4.54. The third-order valence-electron chi connectivity index (χ3n) is 3.04. The van der Waals surface area contributed by atoms with Crippen LogP contribution in [0, 0.1) is 12.7 Å². The number of aryl methyl sites for hydroxylation is 1. The molecule has 0 fully saturated rings. The van der Waals surface area contributed by atoms with E-state index in [9.17, 15) is 17.6 Å². The van der Waals surface area contributed by atoms with Crippen LogP contribution < -0.4 is 5.32 Å². The van der Waals surface area contributed by atoms with Crippen LogP contribution in [0.4, 0.5) is 17.6 Å². The number of hydrogen-bond acceptors (Lipinski definition) is 1. The summed E-state index contributed by atoms with van der Waals surface area (Å²) in [5, 5.41) is 2.46. The second-order valence-corrected chi connectivity index (χ2v) is 4.51. The van der Waals surface area contributed by atoms with Gasteiger partial charge < -0.3 is 5.32 Å². The van der Waals surface area contributed by atoms with Crippen molar-refractivity contribution in [1.82, 2.24) is 5.32 Å². The van der Waals surface area contributed by atoms with Crippen molar-refractivity contribution in [2.24, 2.45) is 0 Å². The Labute approximate surface area is 104 Å². The second kappa shape index (κ2) is 5.26. The Hall–Kier alpha value is -1.10. The van der Waals surface area contributed by atoms with Gasteiger partial charge in [0.1, 0.15) is 11.4 Å². The zero-order valence-electron chi connectivity index (χ0n) is 10.7. The molecule has 0 amide bonds. The highest BCUT2D eigenvalue weighted by molar-refractivity contribution is 5.30. The molecule has 0 aliphatic heterocycles. The molecule has 0 saturated heterocycles. The standard InChI is InChI=1S/C13H17F4N/c1-4-7-18-12(3,13(15,16)17)10-6-5-9(2)11(14)8-10/h5-6,8,18H,4,7H2,1-3H3. The SMILES string of the molecule is CCCNC(C)(c1ccc(C)c(F)c1)C(F)(F)F. The molecule has 102 valence electrons. The van der Waals surface area contributed by atoms with Gasteiger partial charge in [0, 0.05) is 0 Å². The second-order valence-electron chi connectivity index (χ2n) is 4.51. The van der Waals surface area contributed by atoms with Crippen LogP contribution in [-0.2, 0) is 5.54 Å². The lowest BCUT2D eigenvalue weighted by Crippen LogP contribution is -2.51. The lowest BCUT2D eigenvalue weighted by atomic mass is 9.90. The Morgan fingerprint density at radius 2 is 1.83 bits per heavy atom. The molecular formula is C13H17F4N. The van der Waals surface area contributed by atoms with Crippen LogP contribution in [0.5, 0.6) is 0 Å². The van der Waals surface area contributed by atoms with Gasteiger partial charge in [0.2, 0.25) is 0 Å². The molecule has 0 heterocycles. The predicted octanol–water partition coefficient (Wildman–Crippen LogP) is 3.91. The Morgan fingerprint density at radius 1 is 1.22 bits per heavy atom.